The molecular formula is C12H16O2. The molecule has 0 bridgehead atoms. The van der Waals surface area contributed by atoms with Crippen LogP contribution in [0.25, 0.3) is 0 Å². The van der Waals surface area contributed by atoms with E-state index < -0.39 is 0 Å². The summed E-state index contributed by atoms with van der Waals surface area (Å²) in [5.41, 5.74) is 0.621. The van der Waals surface area contributed by atoms with E-state index in [2.05, 4.69) is 6.92 Å². The molecule has 76 valence electrons. The molecule has 0 N–H and O–H groups in total. The third kappa shape index (κ3) is 3.21. The van der Waals surface area contributed by atoms with Crippen LogP contribution in [-0.4, -0.2) is 12.1 Å². The highest BCUT2D eigenvalue weighted by atomic mass is 16.5. The van der Waals surface area contributed by atoms with Crippen LogP contribution in [0, 0.1) is 0 Å². The molecule has 0 aliphatic rings. The molecule has 0 amide bonds. The molecule has 1 aromatic carbocycles. The highest BCUT2D eigenvalue weighted by Crippen LogP contribution is 2.06. The van der Waals surface area contributed by atoms with Crippen LogP contribution < -0.4 is 0 Å². The lowest BCUT2D eigenvalue weighted by Crippen LogP contribution is -2.14. The van der Waals surface area contributed by atoms with Gasteiger partial charge in [-0.2, -0.15) is 0 Å². The number of carbonyl (C=O) groups is 1. The molecule has 1 aromatic rings. The van der Waals surface area contributed by atoms with Gasteiger partial charge >= 0.3 is 5.97 Å². The minimum Gasteiger partial charge on any atom is -0.459 e. The van der Waals surface area contributed by atoms with E-state index in [9.17, 15) is 4.79 Å². The average Bonchev–Trinajstić information content (AvgIpc) is 2.19. The van der Waals surface area contributed by atoms with Crippen molar-refractivity contribution in [3.63, 3.8) is 0 Å². The minimum atomic E-state index is -0.230. The zero-order valence-corrected chi connectivity index (χ0v) is 8.69. The lowest BCUT2D eigenvalue weighted by molar-refractivity contribution is 0.0323. The van der Waals surface area contributed by atoms with Crippen LogP contribution in [0.5, 0.6) is 0 Å². The second-order valence-corrected chi connectivity index (χ2v) is 3.37. The molecule has 1 rings (SSSR count). The Morgan fingerprint density at radius 1 is 1.36 bits per heavy atom. The second kappa shape index (κ2) is 5.43. The summed E-state index contributed by atoms with van der Waals surface area (Å²) in [4.78, 5) is 11.5. The zero-order chi connectivity index (χ0) is 10.4. The van der Waals surface area contributed by atoms with Crippen LogP contribution in [0.3, 0.4) is 0 Å². The number of carbonyl (C=O) groups excluding carboxylic acids is 1. The van der Waals surface area contributed by atoms with Crippen molar-refractivity contribution in [2.45, 2.75) is 32.8 Å². The fraction of sp³-hybridized carbons (Fsp3) is 0.417. The van der Waals surface area contributed by atoms with Crippen LogP contribution in [-0.2, 0) is 4.74 Å². The van der Waals surface area contributed by atoms with Gasteiger partial charge in [-0.25, -0.2) is 4.79 Å². The summed E-state index contributed by atoms with van der Waals surface area (Å²) in [5.74, 6) is -0.230. The fourth-order valence-electron chi connectivity index (χ4n) is 1.29. The summed E-state index contributed by atoms with van der Waals surface area (Å²) < 4.78 is 5.24. The first-order chi connectivity index (χ1) is 6.74. The van der Waals surface area contributed by atoms with Gasteiger partial charge in [-0.05, 0) is 25.5 Å². The molecule has 0 saturated carbocycles. The van der Waals surface area contributed by atoms with E-state index in [4.69, 9.17) is 4.74 Å². The van der Waals surface area contributed by atoms with Gasteiger partial charge in [0.15, 0.2) is 0 Å². The molecule has 0 fully saturated rings. The Kier molecular flexibility index (Phi) is 4.17. The van der Waals surface area contributed by atoms with E-state index in [1.165, 1.54) is 0 Å². The Balaban J connectivity index is 2.51. The van der Waals surface area contributed by atoms with E-state index >= 15 is 0 Å². The highest BCUT2D eigenvalue weighted by Gasteiger charge is 2.09. The summed E-state index contributed by atoms with van der Waals surface area (Å²) in [6.45, 7) is 4.00. The first-order valence-electron chi connectivity index (χ1n) is 5.00. The normalized spacial score (nSPS) is 12.1. The van der Waals surface area contributed by atoms with E-state index in [0.717, 1.165) is 12.8 Å². The lowest BCUT2D eigenvalue weighted by atomic mass is 10.2. The molecule has 0 radical (unpaired) electrons. The van der Waals surface area contributed by atoms with Gasteiger partial charge in [0.1, 0.15) is 0 Å². The van der Waals surface area contributed by atoms with Gasteiger partial charge in [0.2, 0.25) is 0 Å². The quantitative estimate of drug-likeness (QED) is 0.685. The Bertz CT molecular complexity index is 280. The van der Waals surface area contributed by atoms with E-state index in [1.54, 1.807) is 12.1 Å². The highest BCUT2D eigenvalue weighted by molar-refractivity contribution is 5.89. The van der Waals surface area contributed by atoms with Crippen LogP contribution in [0.1, 0.15) is 37.0 Å². The SMILES string of the molecule is CCCC(C)OC(=O)c1ccccc1. The Labute approximate surface area is 84.9 Å². The van der Waals surface area contributed by atoms with E-state index in [0.29, 0.717) is 5.56 Å². The molecule has 0 heterocycles. The van der Waals surface area contributed by atoms with Crippen molar-refractivity contribution in [1.29, 1.82) is 0 Å². The van der Waals surface area contributed by atoms with Crippen LogP contribution in [0.4, 0.5) is 0 Å². The molecule has 1 unspecified atom stereocenters. The lowest BCUT2D eigenvalue weighted by Gasteiger charge is -2.11. The first kappa shape index (κ1) is 10.8. The molecule has 0 saturated heterocycles. The van der Waals surface area contributed by atoms with Gasteiger partial charge in [0.05, 0.1) is 11.7 Å². The maximum Gasteiger partial charge on any atom is 0.338 e. The smallest absolute Gasteiger partial charge is 0.338 e. The molecule has 0 spiro atoms. The van der Waals surface area contributed by atoms with Crippen molar-refractivity contribution >= 4 is 5.97 Å². The Morgan fingerprint density at radius 2 is 2.00 bits per heavy atom. The Hall–Kier alpha value is -1.31. The van der Waals surface area contributed by atoms with Gasteiger partial charge in [0.25, 0.3) is 0 Å². The third-order valence-corrected chi connectivity index (χ3v) is 2.01. The van der Waals surface area contributed by atoms with Crippen LogP contribution in [0.2, 0.25) is 0 Å². The van der Waals surface area contributed by atoms with Gasteiger partial charge in [-0.3, -0.25) is 0 Å². The summed E-state index contributed by atoms with van der Waals surface area (Å²) in [5, 5.41) is 0. The summed E-state index contributed by atoms with van der Waals surface area (Å²) in [6, 6.07) is 9.08. The van der Waals surface area contributed by atoms with E-state index in [-0.39, 0.29) is 12.1 Å². The fourth-order valence-corrected chi connectivity index (χ4v) is 1.29. The van der Waals surface area contributed by atoms with Crippen molar-refractivity contribution in [2.24, 2.45) is 0 Å². The topological polar surface area (TPSA) is 26.3 Å². The second-order valence-electron chi connectivity index (χ2n) is 3.37. The van der Waals surface area contributed by atoms with Crippen molar-refractivity contribution in [3.05, 3.63) is 35.9 Å². The number of esters is 1. The minimum absolute atomic E-state index is 0.00714. The number of ether oxygens (including phenoxy) is 1. The number of hydrogen-bond acceptors (Lipinski definition) is 2. The van der Waals surface area contributed by atoms with Gasteiger partial charge in [-0.1, -0.05) is 31.5 Å². The van der Waals surface area contributed by atoms with E-state index in [1.807, 2.05) is 25.1 Å². The molecule has 1 atom stereocenters. The number of benzene rings is 1. The van der Waals surface area contributed by atoms with Gasteiger partial charge in [-0.15, -0.1) is 0 Å². The number of rotatable bonds is 4. The third-order valence-electron chi connectivity index (χ3n) is 2.01. The van der Waals surface area contributed by atoms with Gasteiger partial charge < -0.3 is 4.74 Å². The van der Waals surface area contributed by atoms with Crippen molar-refractivity contribution < 1.29 is 9.53 Å². The molecule has 2 heteroatoms. The maximum atomic E-state index is 11.5. The average molecular weight is 192 g/mol. The monoisotopic (exact) mass is 192 g/mol. The van der Waals surface area contributed by atoms with Gasteiger partial charge in [0, 0.05) is 0 Å². The van der Waals surface area contributed by atoms with Crippen LogP contribution >= 0.6 is 0 Å². The molecular weight excluding hydrogens is 176 g/mol. The molecule has 14 heavy (non-hydrogen) atoms. The predicted octanol–water partition coefficient (Wildman–Crippen LogP) is 3.03. The zero-order valence-electron chi connectivity index (χ0n) is 8.69. The van der Waals surface area contributed by atoms with Crippen LogP contribution in [0.15, 0.2) is 30.3 Å². The van der Waals surface area contributed by atoms with Crippen molar-refractivity contribution in [3.8, 4) is 0 Å². The molecule has 2 nitrogen and oxygen atoms in total. The standard InChI is InChI=1S/C12H16O2/c1-3-7-10(2)14-12(13)11-8-5-4-6-9-11/h4-6,8-10H,3,7H2,1-2H3. The maximum absolute atomic E-state index is 11.5. The predicted molar refractivity (Wildman–Crippen MR) is 56.2 cm³/mol. The largest absolute Gasteiger partial charge is 0.459 e. The number of hydrogen-bond donors (Lipinski definition) is 0. The van der Waals surface area contributed by atoms with Crippen molar-refractivity contribution in [1.82, 2.24) is 0 Å². The summed E-state index contributed by atoms with van der Waals surface area (Å²) >= 11 is 0. The molecule has 0 aliphatic carbocycles. The Morgan fingerprint density at radius 3 is 2.57 bits per heavy atom. The molecule has 0 aromatic heterocycles. The summed E-state index contributed by atoms with van der Waals surface area (Å²) in [7, 11) is 0. The summed E-state index contributed by atoms with van der Waals surface area (Å²) in [6.07, 6.45) is 1.95. The van der Waals surface area contributed by atoms with Crippen molar-refractivity contribution in [2.75, 3.05) is 0 Å². The first-order valence-corrected chi connectivity index (χ1v) is 5.00. The molecule has 0 aliphatic heterocycles.